The van der Waals surface area contributed by atoms with E-state index in [1.54, 1.807) is 17.6 Å². The molecule has 1 atom stereocenters. The van der Waals surface area contributed by atoms with Crippen LogP contribution in [0.2, 0.25) is 0 Å². The molecule has 0 spiro atoms. The van der Waals surface area contributed by atoms with Crippen molar-refractivity contribution in [1.82, 2.24) is 4.90 Å². The molecule has 2 heterocycles. The van der Waals surface area contributed by atoms with E-state index >= 15 is 0 Å². The first-order valence-corrected chi connectivity index (χ1v) is 8.59. The van der Waals surface area contributed by atoms with Crippen molar-refractivity contribution < 1.29 is 14.3 Å². The van der Waals surface area contributed by atoms with E-state index in [1.807, 2.05) is 12.1 Å². The highest BCUT2D eigenvalue weighted by atomic mass is 32.1. The normalized spacial score (nSPS) is 13.1. The number of ether oxygens (including phenoxy) is 1. The highest BCUT2D eigenvalue weighted by Crippen LogP contribution is 2.12. The Hall–Kier alpha value is -1.14. The van der Waals surface area contributed by atoms with Gasteiger partial charge in [0.25, 0.3) is 0 Å². The van der Waals surface area contributed by atoms with Gasteiger partial charge in [0, 0.05) is 19.6 Å². The number of hydrogen-bond acceptors (Lipinski definition) is 5. The van der Waals surface area contributed by atoms with E-state index in [-0.39, 0.29) is 0 Å². The number of aliphatic hydroxyl groups is 1. The smallest absolute Gasteiger partial charge is 0.129 e. The van der Waals surface area contributed by atoms with Gasteiger partial charge >= 0.3 is 0 Å². The van der Waals surface area contributed by atoms with Gasteiger partial charge in [0.1, 0.15) is 12.4 Å². The van der Waals surface area contributed by atoms with Crippen LogP contribution >= 0.6 is 11.3 Å². The van der Waals surface area contributed by atoms with Crippen LogP contribution in [0.15, 0.2) is 39.6 Å². The second kappa shape index (κ2) is 9.10. The number of thiophene rings is 1. The van der Waals surface area contributed by atoms with Crippen molar-refractivity contribution in [1.29, 1.82) is 0 Å². The summed E-state index contributed by atoms with van der Waals surface area (Å²) in [5, 5.41) is 14.4. The van der Waals surface area contributed by atoms with Crippen LogP contribution in [0.3, 0.4) is 0 Å². The number of hydrogen-bond donors (Lipinski definition) is 1. The molecule has 0 aromatic carbocycles. The predicted molar refractivity (Wildman–Crippen MR) is 88.8 cm³/mol. The molecule has 0 aliphatic rings. The summed E-state index contributed by atoms with van der Waals surface area (Å²) in [4.78, 5) is 2.29. The number of nitrogens with zero attached hydrogens (tertiary/aromatic N) is 1. The minimum Gasteiger partial charge on any atom is -0.467 e. The fourth-order valence-electron chi connectivity index (χ4n) is 2.40. The lowest BCUT2D eigenvalue weighted by Crippen LogP contribution is -2.36. The topological polar surface area (TPSA) is 45.8 Å². The third-order valence-corrected chi connectivity index (χ3v) is 3.95. The molecule has 4 nitrogen and oxygen atoms in total. The second-order valence-electron chi connectivity index (χ2n) is 5.97. The van der Waals surface area contributed by atoms with E-state index in [2.05, 4.69) is 35.6 Å². The summed E-state index contributed by atoms with van der Waals surface area (Å²) in [6.07, 6.45) is 1.13. The summed E-state index contributed by atoms with van der Waals surface area (Å²) in [7, 11) is 0. The maximum atomic E-state index is 10.2. The minimum absolute atomic E-state index is 0.318. The standard InChI is InChI=1S/C17H25NO3S/c1-14(2)8-18(9-15-5-7-22-13-15)10-16(19)11-20-12-17-4-3-6-21-17/h3-7,13-14,16,19H,8-12H2,1-2H3. The largest absolute Gasteiger partial charge is 0.467 e. The average Bonchev–Trinajstić information content (AvgIpc) is 3.11. The molecule has 1 N–H and O–H groups in total. The van der Waals surface area contributed by atoms with Crippen LogP contribution in [0.5, 0.6) is 0 Å². The fourth-order valence-corrected chi connectivity index (χ4v) is 3.06. The molecule has 0 aliphatic heterocycles. The number of furan rings is 1. The first kappa shape index (κ1) is 17.2. The number of aliphatic hydroxyl groups excluding tert-OH is 1. The number of rotatable bonds is 10. The first-order valence-electron chi connectivity index (χ1n) is 7.65. The van der Waals surface area contributed by atoms with E-state index in [0.717, 1.165) is 18.8 Å². The summed E-state index contributed by atoms with van der Waals surface area (Å²) in [6, 6.07) is 5.84. The van der Waals surface area contributed by atoms with Crippen LogP contribution in [-0.2, 0) is 17.9 Å². The lowest BCUT2D eigenvalue weighted by Gasteiger charge is -2.26. The Morgan fingerprint density at radius 2 is 2.18 bits per heavy atom. The Morgan fingerprint density at radius 1 is 1.32 bits per heavy atom. The van der Waals surface area contributed by atoms with Gasteiger partial charge in [-0.1, -0.05) is 13.8 Å². The Kier molecular flexibility index (Phi) is 7.12. The quantitative estimate of drug-likeness (QED) is 0.728. The lowest BCUT2D eigenvalue weighted by molar-refractivity contribution is 0.00226. The van der Waals surface area contributed by atoms with Crippen LogP contribution < -0.4 is 0 Å². The summed E-state index contributed by atoms with van der Waals surface area (Å²) < 4.78 is 10.7. The summed E-state index contributed by atoms with van der Waals surface area (Å²) in [5.74, 6) is 1.35. The maximum Gasteiger partial charge on any atom is 0.129 e. The molecule has 0 bridgehead atoms. The monoisotopic (exact) mass is 323 g/mol. The molecule has 2 aromatic heterocycles. The highest BCUT2D eigenvalue weighted by molar-refractivity contribution is 7.07. The van der Waals surface area contributed by atoms with E-state index in [4.69, 9.17) is 9.15 Å². The van der Waals surface area contributed by atoms with Gasteiger partial charge < -0.3 is 14.3 Å². The molecule has 22 heavy (non-hydrogen) atoms. The molecular formula is C17H25NO3S. The lowest BCUT2D eigenvalue weighted by atomic mass is 10.2. The van der Waals surface area contributed by atoms with E-state index < -0.39 is 6.10 Å². The minimum atomic E-state index is -0.493. The van der Waals surface area contributed by atoms with Crippen molar-refractivity contribution in [3.8, 4) is 0 Å². The Bertz CT molecular complexity index is 496. The fraction of sp³-hybridized carbons (Fsp3) is 0.529. The molecule has 2 aromatic rings. The zero-order valence-corrected chi connectivity index (χ0v) is 14.1. The van der Waals surface area contributed by atoms with Crippen LogP contribution in [0, 0.1) is 5.92 Å². The Morgan fingerprint density at radius 3 is 2.82 bits per heavy atom. The van der Waals surface area contributed by atoms with Gasteiger partial charge in [0.05, 0.1) is 19.0 Å². The van der Waals surface area contributed by atoms with Crippen molar-refractivity contribution in [2.75, 3.05) is 19.7 Å². The molecule has 0 fully saturated rings. The molecule has 2 rings (SSSR count). The molecule has 122 valence electrons. The summed E-state index contributed by atoms with van der Waals surface area (Å²) in [5.41, 5.74) is 1.30. The van der Waals surface area contributed by atoms with Gasteiger partial charge in [-0.2, -0.15) is 11.3 Å². The van der Waals surface area contributed by atoms with E-state index in [0.29, 0.717) is 25.7 Å². The molecular weight excluding hydrogens is 298 g/mol. The third-order valence-electron chi connectivity index (χ3n) is 3.21. The zero-order valence-electron chi connectivity index (χ0n) is 13.3. The van der Waals surface area contributed by atoms with Crippen molar-refractivity contribution in [2.45, 2.75) is 33.1 Å². The summed E-state index contributed by atoms with van der Waals surface area (Å²) >= 11 is 1.71. The second-order valence-corrected chi connectivity index (χ2v) is 6.75. The average molecular weight is 323 g/mol. The predicted octanol–water partition coefficient (Wildman–Crippen LogP) is 3.38. The molecule has 5 heteroatoms. The summed E-state index contributed by atoms with van der Waals surface area (Å²) in [6.45, 7) is 7.56. The highest BCUT2D eigenvalue weighted by Gasteiger charge is 2.14. The van der Waals surface area contributed by atoms with Gasteiger partial charge in [-0.15, -0.1) is 0 Å². The zero-order chi connectivity index (χ0) is 15.8. The van der Waals surface area contributed by atoms with Crippen LogP contribution in [0.1, 0.15) is 25.2 Å². The van der Waals surface area contributed by atoms with Gasteiger partial charge in [0.15, 0.2) is 0 Å². The van der Waals surface area contributed by atoms with E-state index in [1.165, 1.54) is 5.56 Å². The van der Waals surface area contributed by atoms with Gasteiger partial charge in [-0.05, 0) is 40.4 Å². The SMILES string of the molecule is CC(C)CN(Cc1ccsc1)CC(O)COCc1ccco1. The molecule has 0 saturated carbocycles. The molecule has 1 unspecified atom stereocenters. The Balaban J connectivity index is 1.75. The maximum absolute atomic E-state index is 10.2. The van der Waals surface area contributed by atoms with Crippen molar-refractivity contribution in [3.63, 3.8) is 0 Å². The first-order chi connectivity index (χ1) is 10.6. The third kappa shape index (κ3) is 6.32. The van der Waals surface area contributed by atoms with Crippen LogP contribution in [-0.4, -0.2) is 35.8 Å². The Labute approximate surface area is 136 Å². The van der Waals surface area contributed by atoms with Gasteiger partial charge in [-0.3, -0.25) is 4.90 Å². The molecule has 0 aliphatic carbocycles. The molecule has 0 saturated heterocycles. The van der Waals surface area contributed by atoms with Gasteiger partial charge in [-0.25, -0.2) is 0 Å². The van der Waals surface area contributed by atoms with Crippen molar-refractivity contribution in [3.05, 3.63) is 46.5 Å². The molecule has 0 radical (unpaired) electrons. The van der Waals surface area contributed by atoms with Crippen LogP contribution in [0.4, 0.5) is 0 Å². The van der Waals surface area contributed by atoms with Crippen molar-refractivity contribution in [2.24, 2.45) is 5.92 Å². The van der Waals surface area contributed by atoms with E-state index in [9.17, 15) is 5.11 Å². The van der Waals surface area contributed by atoms with Crippen molar-refractivity contribution >= 4 is 11.3 Å². The van der Waals surface area contributed by atoms with Crippen LogP contribution in [0.25, 0.3) is 0 Å². The van der Waals surface area contributed by atoms with Gasteiger partial charge in [0.2, 0.25) is 0 Å². The molecule has 0 amide bonds.